The Balaban J connectivity index is 2.82. The van der Waals surface area contributed by atoms with Crippen LogP contribution in [-0.4, -0.2) is 11.7 Å². The lowest BCUT2D eigenvalue weighted by atomic mass is 10.1. The van der Waals surface area contributed by atoms with Crippen LogP contribution in [0.2, 0.25) is 0 Å². The number of hydrogen-bond acceptors (Lipinski definition) is 3. The predicted molar refractivity (Wildman–Crippen MR) is 65.4 cm³/mol. The number of halogens is 1. The molecule has 0 saturated carbocycles. The van der Waals surface area contributed by atoms with Crippen molar-refractivity contribution >= 4 is 17.5 Å². The van der Waals surface area contributed by atoms with Gasteiger partial charge in [-0.15, -0.1) is 0 Å². The average Bonchev–Trinajstić information content (AvgIpc) is 2.11. The molecule has 0 aliphatic heterocycles. The summed E-state index contributed by atoms with van der Waals surface area (Å²) in [6.07, 6.45) is -0.621. The monoisotopic (exact) mass is 240 g/mol. The Hall–Kier alpha value is -1.78. The van der Waals surface area contributed by atoms with Crippen molar-refractivity contribution < 1.29 is 13.9 Å². The molecule has 0 aliphatic rings. The second kappa shape index (κ2) is 4.61. The van der Waals surface area contributed by atoms with Crippen molar-refractivity contribution in [2.24, 2.45) is 0 Å². The summed E-state index contributed by atoms with van der Waals surface area (Å²) < 4.78 is 18.3. The first-order chi connectivity index (χ1) is 7.69. The average molecular weight is 240 g/mol. The molecule has 0 aromatic heterocycles. The van der Waals surface area contributed by atoms with Crippen LogP contribution in [0, 0.1) is 12.7 Å². The van der Waals surface area contributed by atoms with E-state index in [0.717, 1.165) is 0 Å². The molecule has 4 nitrogen and oxygen atoms in total. The molecule has 3 N–H and O–H groups in total. The van der Waals surface area contributed by atoms with Gasteiger partial charge >= 0.3 is 6.09 Å². The Morgan fingerprint density at radius 3 is 2.53 bits per heavy atom. The highest BCUT2D eigenvalue weighted by atomic mass is 19.1. The van der Waals surface area contributed by atoms with E-state index in [9.17, 15) is 9.18 Å². The van der Waals surface area contributed by atoms with E-state index in [1.165, 1.54) is 12.1 Å². The molecule has 0 heterocycles. The minimum Gasteiger partial charge on any atom is -0.444 e. The lowest BCUT2D eigenvalue weighted by Crippen LogP contribution is -2.27. The summed E-state index contributed by atoms with van der Waals surface area (Å²) >= 11 is 0. The molecule has 0 unspecified atom stereocenters. The van der Waals surface area contributed by atoms with Gasteiger partial charge in [0.15, 0.2) is 0 Å². The number of carbonyl (C=O) groups is 1. The third kappa shape index (κ3) is 3.94. The molecule has 1 aromatic carbocycles. The number of hydrogen-bond donors (Lipinski definition) is 2. The van der Waals surface area contributed by atoms with Gasteiger partial charge in [0, 0.05) is 5.69 Å². The molecular formula is C12H17FN2O2. The fourth-order valence-corrected chi connectivity index (χ4v) is 1.25. The van der Waals surface area contributed by atoms with Crippen LogP contribution in [0.15, 0.2) is 12.1 Å². The Labute approximate surface area is 100.0 Å². The van der Waals surface area contributed by atoms with Crippen LogP contribution in [0.25, 0.3) is 0 Å². The zero-order chi connectivity index (χ0) is 13.2. The zero-order valence-electron chi connectivity index (χ0n) is 10.4. The highest BCUT2D eigenvalue weighted by Crippen LogP contribution is 2.22. The molecule has 1 rings (SSSR count). The number of ether oxygens (including phenoxy) is 1. The van der Waals surface area contributed by atoms with Crippen LogP contribution >= 0.6 is 0 Å². The summed E-state index contributed by atoms with van der Waals surface area (Å²) in [6, 6.07) is 2.64. The Morgan fingerprint density at radius 2 is 2.00 bits per heavy atom. The van der Waals surface area contributed by atoms with Gasteiger partial charge in [-0.05, 0) is 45.4 Å². The maximum absolute atomic E-state index is 13.2. The summed E-state index contributed by atoms with van der Waals surface area (Å²) in [7, 11) is 0. The highest BCUT2D eigenvalue weighted by Gasteiger charge is 2.17. The second-order valence-electron chi connectivity index (χ2n) is 4.82. The first kappa shape index (κ1) is 13.3. The fourth-order valence-electron chi connectivity index (χ4n) is 1.25. The lowest BCUT2D eigenvalue weighted by molar-refractivity contribution is 0.0636. The smallest absolute Gasteiger partial charge is 0.412 e. The quantitative estimate of drug-likeness (QED) is 0.741. The van der Waals surface area contributed by atoms with Gasteiger partial charge in [-0.1, -0.05) is 0 Å². The highest BCUT2D eigenvalue weighted by molar-refractivity contribution is 5.86. The second-order valence-corrected chi connectivity index (χ2v) is 4.82. The van der Waals surface area contributed by atoms with E-state index in [1.807, 2.05) is 0 Å². The van der Waals surface area contributed by atoms with Crippen molar-refractivity contribution in [3.8, 4) is 0 Å². The molecule has 0 spiro atoms. The van der Waals surface area contributed by atoms with Crippen LogP contribution in [0.1, 0.15) is 26.3 Å². The lowest BCUT2D eigenvalue weighted by Gasteiger charge is -2.20. The number of benzene rings is 1. The third-order valence-corrected chi connectivity index (χ3v) is 1.98. The molecule has 0 atom stereocenters. The molecule has 0 aliphatic carbocycles. The molecule has 1 aromatic rings. The maximum Gasteiger partial charge on any atom is 0.412 e. The van der Waals surface area contributed by atoms with Gasteiger partial charge in [0.1, 0.15) is 11.4 Å². The summed E-state index contributed by atoms with van der Waals surface area (Å²) in [5.74, 6) is -0.568. The molecule has 0 bridgehead atoms. The Kier molecular flexibility index (Phi) is 3.60. The largest absolute Gasteiger partial charge is 0.444 e. The van der Waals surface area contributed by atoms with Crippen LogP contribution < -0.4 is 11.1 Å². The van der Waals surface area contributed by atoms with Crippen molar-refractivity contribution in [1.82, 2.24) is 0 Å². The molecule has 94 valence electrons. The standard InChI is InChI=1S/C12H17FN2O2/c1-7-5-9(14)8(13)6-10(7)15-11(16)17-12(2,3)4/h5-6H,14H2,1-4H3,(H,15,16). The van der Waals surface area contributed by atoms with E-state index in [2.05, 4.69) is 5.32 Å². The van der Waals surface area contributed by atoms with Gasteiger partial charge in [-0.25, -0.2) is 9.18 Å². The molecule has 0 saturated heterocycles. The van der Waals surface area contributed by atoms with Crippen LogP contribution in [-0.2, 0) is 4.74 Å². The first-order valence-corrected chi connectivity index (χ1v) is 5.24. The van der Waals surface area contributed by atoms with Crippen LogP contribution in [0.5, 0.6) is 0 Å². The van der Waals surface area contributed by atoms with Gasteiger partial charge in [0.2, 0.25) is 0 Å². The third-order valence-electron chi connectivity index (χ3n) is 1.98. The molecular weight excluding hydrogens is 223 g/mol. The number of carbonyl (C=O) groups excluding carboxylic acids is 1. The number of nitrogens with one attached hydrogen (secondary N) is 1. The van der Waals surface area contributed by atoms with Crippen molar-refractivity contribution in [3.05, 3.63) is 23.5 Å². The minimum atomic E-state index is -0.621. The van der Waals surface area contributed by atoms with E-state index in [0.29, 0.717) is 11.3 Å². The number of amides is 1. The SMILES string of the molecule is Cc1cc(N)c(F)cc1NC(=O)OC(C)(C)C. The van der Waals surface area contributed by atoms with Crippen molar-refractivity contribution in [3.63, 3.8) is 0 Å². The summed E-state index contributed by atoms with van der Waals surface area (Å²) in [5.41, 5.74) is 5.89. The van der Waals surface area contributed by atoms with Crippen LogP contribution in [0.3, 0.4) is 0 Å². The fraction of sp³-hybridized carbons (Fsp3) is 0.417. The van der Waals surface area contributed by atoms with E-state index < -0.39 is 17.5 Å². The minimum absolute atomic E-state index is 0.0530. The van der Waals surface area contributed by atoms with E-state index in [1.54, 1.807) is 27.7 Å². The summed E-state index contributed by atoms with van der Waals surface area (Å²) in [6.45, 7) is 6.98. The van der Waals surface area contributed by atoms with Crippen molar-refractivity contribution in [2.45, 2.75) is 33.3 Å². The Morgan fingerprint density at radius 1 is 1.41 bits per heavy atom. The summed E-state index contributed by atoms with van der Waals surface area (Å²) in [4.78, 5) is 11.5. The van der Waals surface area contributed by atoms with E-state index >= 15 is 0 Å². The van der Waals surface area contributed by atoms with Gasteiger partial charge < -0.3 is 10.5 Å². The predicted octanol–water partition coefficient (Wildman–Crippen LogP) is 3.06. The maximum atomic E-state index is 13.2. The topological polar surface area (TPSA) is 64.3 Å². The van der Waals surface area contributed by atoms with Gasteiger partial charge in [0.05, 0.1) is 5.69 Å². The normalized spacial score (nSPS) is 11.1. The van der Waals surface area contributed by atoms with Gasteiger partial charge in [-0.3, -0.25) is 5.32 Å². The van der Waals surface area contributed by atoms with Gasteiger partial charge in [0.25, 0.3) is 0 Å². The zero-order valence-corrected chi connectivity index (χ0v) is 10.4. The molecule has 0 fully saturated rings. The molecule has 5 heteroatoms. The number of rotatable bonds is 1. The van der Waals surface area contributed by atoms with E-state index in [-0.39, 0.29) is 5.69 Å². The Bertz CT molecular complexity index is 439. The number of nitrogens with two attached hydrogens (primary N) is 1. The first-order valence-electron chi connectivity index (χ1n) is 5.24. The van der Waals surface area contributed by atoms with Crippen molar-refractivity contribution in [1.29, 1.82) is 0 Å². The number of aryl methyl sites for hydroxylation is 1. The van der Waals surface area contributed by atoms with Gasteiger partial charge in [-0.2, -0.15) is 0 Å². The van der Waals surface area contributed by atoms with Crippen LogP contribution in [0.4, 0.5) is 20.6 Å². The van der Waals surface area contributed by atoms with Crippen molar-refractivity contribution in [2.75, 3.05) is 11.1 Å². The van der Waals surface area contributed by atoms with E-state index in [4.69, 9.17) is 10.5 Å². The molecule has 1 amide bonds. The number of anilines is 2. The summed E-state index contributed by atoms with van der Waals surface area (Å²) in [5, 5.41) is 2.48. The number of nitrogen functional groups attached to an aromatic ring is 1. The molecule has 0 radical (unpaired) electrons. The molecule has 17 heavy (non-hydrogen) atoms.